The number of hydrogen-bond donors (Lipinski definition) is 1. The molecule has 3 rings (SSSR count). The molecular formula is C17H28O3S. The van der Waals surface area contributed by atoms with E-state index in [0.29, 0.717) is 6.61 Å². The number of aliphatic hydroxyl groups is 1. The summed E-state index contributed by atoms with van der Waals surface area (Å²) in [5.41, 5.74) is -0.0594. The van der Waals surface area contributed by atoms with Crippen LogP contribution in [0.3, 0.4) is 0 Å². The Bertz CT molecular complexity index is 354. The van der Waals surface area contributed by atoms with Gasteiger partial charge in [-0.15, -0.1) is 0 Å². The van der Waals surface area contributed by atoms with Gasteiger partial charge in [0.2, 0.25) is 0 Å². The number of aliphatic hydroxyl groups excluding tert-OH is 1. The zero-order valence-electron chi connectivity index (χ0n) is 12.9. The van der Waals surface area contributed by atoms with E-state index in [0.717, 1.165) is 50.0 Å². The molecule has 120 valence electrons. The average Bonchev–Trinajstić information content (AvgIpc) is 2.55. The summed E-state index contributed by atoms with van der Waals surface area (Å²) in [6.07, 6.45) is 8.72. The van der Waals surface area contributed by atoms with Gasteiger partial charge in [0, 0.05) is 12.5 Å². The lowest BCUT2D eigenvalue weighted by atomic mass is 9.75. The average molecular weight is 312 g/mol. The van der Waals surface area contributed by atoms with Gasteiger partial charge in [0.25, 0.3) is 0 Å². The Labute approximate surface area is 132 Å². The summed E-state index contributed by atoms with van der Waals surface area (Å²) in [6, 6.07) is 0. The van der Waals surface area contributed by atoms with Crippen LogP contribution >= 0.6 is 11.8 Å². The van der Waals surface area contributed by atoms with Crippen molar-refractivity contribution in [1.29, 1.82) is 0 Å². The van der Waals surface area contributed by atoms with E-state index in [4.69, 9.17) is 4.74 Å². The number of carbonyl (C=O) groups is 1. The largest absolute Gasteiger partial charge is 0.385 e. The molecule has 4 heteroatoms. The van der Waals surface area contributed by atoms with Crippen LogP contribution in [0, 0.1) is 11.8 Å². The number of ketones is 1. The Hall–Kier alpha value is -0.0600. The molecule has 2 atom stereocenters. The Morgan fingerprint density at radius 2 is 1.86 bits per heavy atom. The monoisotopic (exact) mass is 312 g/mol. The van der Waals surface area contributed by atoms with Crippen LogP contribution < -0.4 is 0 Å². The lowest BCUT2D eigenvalue weighted by molar-refractivity contribution is -0.148. The van der Waals surface area contributed by atoms with Crippen LogP contribution in [0.25, 0.3) is 0 Å². The summed E-state index contributed by atoms with van der Waals surface area (Å²) < 4.78 is 6.06. The van der Waals surface area contributed by atoms with Crippen molar-refractivity contribution in [3.8, 4) is 0 Å². The fourth-order valence-electron chi connectivity index (χ4n) is 4.29. The van der Waals surface area contributed by atoms with E-state index < -0.39 is 6.10 Å². The number of ether oxygens (including phenoxy) is 1. The first-order valence-electron chi connectivity index (χ1n) is 8.64. The predicted molar refractivity (Wildman–Crippen MR) is 85.6 cm³/mol. The van der Waals surface area contributed by atoms with Crippen molar-refractivity contribution in [1.82, 2.24) is 0 Å². The van der Waals surface area contributed by atoms with E-state index >= 15 is 0 Å². The van der Waals surface area contributed by atoms with Crippen LogP contribution in [-0.4, -0.2) is 40.7 Å². The molecule has 2 heterocycles. The first-order valence-corrected chi connectivity index (χ1v) is 9.79. The molecule has 1 saturated carbocycles. The summed E-state index contributed by atoms with van der Waals surface area (Å²) >= 11 is 1.99. The maximum absolute atomic E-state index is 12.7. The van der Waals surface area contributed by atoms with Crippen molar-refractivity contribution in [3.63, 3.8) is 0 Å². The predicted octanol–water partition coefficient (Wildman–Crippen LogP) is 3.19. The summed E-state index contributed by atoms with van der Waals surface area (Å²) in [4.78, 5) is 12.7. The van der Waals surface area contributed by atoms with Crippen molar-refractivity contribution in [2.45, 2.75) is 69.5 Å². The fraction of sp³-hybridized carbons (Fsp3) is 0.941. The van der Waals surface area contributed by atoms with Gasteiger partial charge < -0.3 is 9.84 Å². The molecule has 1 aliphatic carbocycles. The van der Waals surface area contributed by atoms with Gasteiger partial charge in [0.1, 0.15) is 6.10 Å². The van der Waals surface area contributed by atoms with Crippen molar-refractivity contribution in [2.24, 2.45) is 11.8 Å². The summed E-state index contributed by atoms with van der Waals surface area (Å²) in [5.74, 6) is 2.64. The molecule has 0 aromatic carbocycles. The minimum Gasteiger partial charge on any atom is -0.385 e. The topological polar surface area (TPSA) is 46.5 Å². The van der Waals surface area contributed by atoms with Crippen LogP contribution in [0.15, 0.2) is 0 Å². The molecule has 3 nitrogen and oxygen atoms in total. The molecule has 0 aromatic rings. The fourth-order valence-corrected chi connectivity index (χ4v) is 5.52. The van der Waals surface area contributed by atoms with E-state index in [1.807, 2.05) is 11.8 Å². The van der Waals surface area contributed by atoms with Crippen molar-refractivity contribution >= 4 is 17.5 Å². The quantitative estimate of drug-likeness (QED) is 0.869. The normalized spacial score (nSPS) is 32.0. The summed E-state index contributed by atoms with van der Waals surface area (Å²) in [5, 5.41) is 10.5. The SMILES string of the molecule is O=C(C1CCOC2(CCSCC2)C1)C(O)C1CCCCC1. The molecule has 0 radical (unpaired) electrons. The van der Waals surface area contributed by atoms with E-state index in [1.165, 1.54) is 19.3 Å². The van der Waals surface area contributed by atoms with E-state index in [1.54, 1.807) is 0 Å². The van der Waals surface area contributed by atoms with Gasteiger partial charge in [0.15, 0.2) is 5.78 Å². The van der Waals surface area contributed by atoms with Crippen LogP contribution in [-0.2, 0) is 9.53 Å². The van der Waals surface area contributed by atoms with Gasteiger partial charge >= 0.3 is 0 Å². The van der Waals surface area contributed by atoms with Gasteiger partial charge in [-0.1, -0.05) is 19.3 Å². The number of rotatable bonds is 3. The van der Waals surface area contributed by atoms with Crippen LogP contribution in [0.2, 0.25) is 0 Å². The third-order valence-electron chi connectivity index (χ3n) is 5.69. The molecule has 0 aromatic heterocycles. The highest BCUT2D eigenvalue weighted by Crippen LogP contribution is 2.41. The summed E-state index contributed by atoms with van der Waals surface area (Å²) in [6.45, 7) is 0.693. The van der Waals surface area contributed by atoms with Crippen LogP contribution in [0.4, 0.5) is 0 Å². The Morgan fingerprint density at radius 1 is 1.14 bits per heavy atom. The molecule has 2 aliphatic heterocycles. The van der Waals surface area contributed by atoms with Crippen LogP contribution in [0.1, 0.15) is 57.8 Å². The molecule has 1 spiro atoms. The zero-order valence-corrected chi connectivity index (χ0v) is 13.7. The molecule has 21 heavy (non-hydrogen) atoms. The highest BCUT2D eigenvalue weighted by atomic mass is 32.2. The minimum absolute atomic E-state index is 0.0266. The molecule has 0 amide bonds. The van der Waals surface area contributed by atoms with Gasteiger partial charge in [-0.3, -0.25) is 4.79 Å². The number of thioether (sulfide) groups is 1. The molecule has 3 aliphatic rings. The van der Waals surface area contributed by atoms with Crippen molar-refractivity contribution < 1.29 is 14.6 Å². The highest BCUT2D eigenvalue weighted by Gasteiger charge is 2.43. The second kappa shape index (κ2) is 7.01. The van der Waals surface area contributed by atoms with Crippen molar-refractivity contribution in [2.75, 3.05) is 18.1 Å². The number of hydrogen-bond acceptors (Lipinski definition) is 4. The molecule has 2 unspecified atom stereocenters. The zero-order chi connectivity index (χ0) is 14.7. The smallest absolute Gasteiger partial charge is 0.164 e. The van der Waals surface area contributed by atoms with Crippen LogP contribution in [0.5, 0.6) is 0 Å². The first-order chi connectivity index (χ1) is 10.2. The third-order valence-corrected chi connectivity index (χ3v) is 6.67. The maximum Gasteiger partial charge on any atom is 0.164 e. The standard InChI is InChI=1S/C17H28O3S/c18-15(13-4-2-1-3-5-13)16(19)14-6-9-20-17(12-14)7-10-21-11-8-17/h13-15,18H,1-12H2. The molecule has 1 N–H and O–H groups in total. The highest BCUT2D eigenvalue weighted by molar-refractivity contribution is 7.99. The van der Waals surface area contributed by atoms with Crippen molar-refractivity contribution in [3.05, 3.63) is 0 Å². The number of Topliss-reactive ketones (excluding diaryl/α,β-unsaturated/α-hetero) is 1. The molecule has 2 saturated heterocycles. The van der Waals surface area contributed by atoms with E-state index in [2.05, 4.69) is 0 Å². The van der Waals surface area contributed by atoms with E-state index in [9.17, 15) is 9.90 Å². The lowest BCUT2D eigenvalue weighted by Gasteiger charge is -2.43. The molecule has 0 bridgehead atoms. The second-order valence-corrected chi connectivity index (χ2v) is 8.30. The first kappa shape index (κ1) is 15.8. The maximum atomic E-state index is 12.7. The molecule has 3 fully saturated rings. The minimum atomic E-state index is -0.719. The Morgan fingerprint density at radius 3 is 2.57 bits per heavy atom. The van der Waals surface area contributed by atoms with Gasteiger partial charge in [0.05, 0.1) is 5.60 Å². The third kappa shape index (κ3) is 3.65. The summed E-state index contributed by atoms with van der Waals surface area (Å²) in [7, 11) is 0. The molecular weight excluding hydrogens is 284 g/mol. The van der Waals surface area contributed by atoms with Gasteiger partial charge in [-0.2, -0.15) is 11.8 Å². The Balaban J connectivity index is 1.60. The number of carbonyl (C=O) groups excluding carboxylic acids is 1. The Kier molecular flexibility index (Phi) is 5.28. The van der Waals surface area contributed by atoms with Gasteiger partial charge in [-0.25, -0.2) is 0 Å². The second-order valence-electron chi connectivity index (χ2n) is 7.08. The van der Waals surface area contributed by atoms with E-state index in [-0.39, 0.29) is 23.2 Å². The lowest BCUT2D eigenvalue weighted by Crippen LogP contribution is -2.47. The van der Waals surface area contributed by atoms with Gasteiger partial charge in [-0.05, 0) is 55.9 Å².